The van der Waals surface area contributed by atoms with Crippen LogP contribution in [0.1, 0.15) is 26.2 Å². The van der Waals surface area contributed by atoms with Crippen LogP contribution < -0.4 is 5.73 Å². The van der Waals surface area contributed by atoms with Gasteiger partial charge in [0.2, 0.25) is 0 Å². The molecule has 5 heteroatoms. The summed E-state index contributed by atoms with van der Waals surface area (Å²) in [6, 6.07) is 0.366. The molecule has 0 amide bonds. The number of carbonyl (C=O) groups excluding carboxylic acids is 1. The number of ether oxygens (including phenoxy) is 2. The molecule has 0 bridgehead atoms. The third-order valence-electron chi connectivity index (χ3n) is 4.16. The van der Waals surface area contributed by atoms with Crippen LogP contribution in [0.2, 0.25) is 0 Å². The molecule has 0 spiro atoms. The van der Waals surface area contributed by atoms with Gasteiger partial charge in [-0.1, -0.05) is 6.92 Å². The Balaban J connectivity index is 2.05. The number of methoxy groups -OCH3 is 1. The van der Waals surface area contributed by atoms with Gasteiger partial charge in [-0.2, -0.15) is 0 Å². The summed E-state index contributed by atoms with van der Waals surface area (Å²) in [6.07, 6.45) is 3.08. The molecule has 2 atom stereocenters. The average molecular weight is 256 g/mol. The number of nitrogens with two attached hydrogens (primary N) is 1. The van der Waals surface area contributed by atoms with E-state index in [1.807, 2.05) is 0 Å². The predicted molar refractivity (Wildman–Crippen MR) is 68.1 cm³/mol. The van der Waals surface area contributed by atoms with E-state index >= 15 is 0 Å². The lowest BCUT2D eigenvalue weighted by atomic mass is 9.92. The molecule has 2 aliphatic rings. The molecular formula is C13H24N2O3. The molecule has 104 valence electrons. The number of hydrogen-bond acceptors (Lipinski definition) is 5. The second-order valence-electron chi connectivity index (χ2n) is 5.41. The molecule has 2 N–H and O–H groups in total. The fraction of sp³-hybridized carbons (Fsp3) is 0.923. The molecule has 2 unspecified atom stereocenters. The lowest BCUT2D eigenvalue weighted by molar-refractivity contribution is -0.150. The number of esters is 1. The van der Waals surface area contributed by atoms with Crippen LogP contribution >= 0.6 is 0 Å². The molecule has 1 saturated carbocycles. The number of carbonyl (C=O) groups is 1. The van der Waals surface area contributed by atoms with Crippen molar-refractivity contribution in [2.75, 3.05) is 33.4 Å². The zero-order valence-corrected chi connectivity index (χ0v) is 11.4. The van der Waals surface area contributed by atoms with Crippen LogP contribution in [0.4, 0.5) is 0 Å². The van der Waals surface area contributed by atoms with E-state index < -0.39 is 5.54 Å². The van der Waals surface area contributed by atoms with Gasteiger partial charge in [0.25, 0.3) is 0 Å². The Morgan fingerprint density at radius 1 is 1.56 bits per heavy atom. The molecule has 5 nitrogen and oxygen atoms in total. The molecule has 1 aliphatic carbocycles. The van der Waals surface area contributed by atoms with E-state index in [0.29, 0.717) is 12.6 Å². The molecule has 0 radical (unpaired) electrons. The summed E-state index contributed by atoms with van der Waals surface area (Å²) >= 11 is 0. The fourth-order valence-electron chi connectivity index (χ4n) is 2.76. The molecule has 2 fully saturated rings. The van der Waals surface area contributed by atoms with Gasteiger partial charge in [0, 0.05) is 19.1 Å². The van der Waals surface area contributed by atoms with E-state index in [9.17, 15) is 4.79 Å². The first-order valence-electron chi connectivity index (χ1n) is 6.81. The monoisotopic (exact) mass is 256 g/mol. The van der Waals surface area contributed by atoms with Crippen molar-refractivity contribution in [3.63, 3.8) is 0 Å². The Labute approximate surface area is 109 Å². The van der Waals surface area contributed by atoms with Crippen LogP contribution in [0, 0.1) is 5.92 Å². The largest absolute Gasteiger partial charge is 0.468 e. The Hall–Kier alpha value is -0.650. The van der Waals surface area contributed by atoms with Crippen molar-refractivity contribution < 1.29 is 14.3 Å². The van der Waals surface area contributed by atoms with Crippen molar-refractivity contribution in [1.82, 2.24) is 4.90 Å². The van der Waals surface area contributed by atoms with Crippen molar-refractivity contribution in [3.8, 4) is 0 Å². The first kappa shape index (κ1) is 13.8. The molecule has 2 rings (SSSR count). The third-order valence-corrected chi connectivity index (χ3v) is 4.16. The Kier molecular flexibility index (Phi) is 4.25. The summed E-state index contributed by atoms with van der Waals surface area (Å²) in [5.41, 5.74) is 5.51. The van der Waals surface area contributed by atoms with Gasteiger partial charge in [-0.3, -0.25) is 9.69 Å². The topological polar surface area (TPSA) is 64.8 Å². The summed E-state index contributed by atoms with van der Waals surface area (Å²) in [5, 5.41) is 0. The van der Waals surface area contributed by atoms with E-state index in [1.54, 1.807) is 0 Å². The minimum atomic E-state index is -0.834. The second kappa shape index (κ2) is 5.55. The Morgan fingerprint density at radius 3 is 2.83 bits per heavy atom. The molecule has 18 heavy (non-hydrogen) atoms. The summed E-state index contributed by atoms with van der Waals surface area (Å²) in [5.74, 6) is 0.0108. The van der Waals surface area contributed by atoms with Crippen LogP contribution in [-0.4, -0.2) is 55.9 Å². The van der Waals surface area contributed by atoms with Gasteiger partial charge < -0.3 is 15.2 Å². The van der Waals surface area contributed by atoms with Crippen molar-refractivity contribution in [1.29, 1.82) is 0 Å². The van der Waals surface area contributed by atoms with Crippen molar-refractivity contribution in [3.05, 3.63) is 0 Å². The van der Waals surface area contributed by atoms with Gasteiger partial charge in [-0.05, 0) is 25.2 Å². The van der Waals surface area contributed by atoms with Crippen LogP contribution in [0.15, 0.2) is 0 Å². The van der Waals surface area contributed by atoms with Crippen LogP contribution in [0.25, 0.3) is 0 Å². The van der Waals surface area contributed by atoms with Gasteiger partial charge in [-0.15, -0.1) is 0 Å². The maximum Gasteiger partial charge on any atom is 0.327 e. The molecule has 1 aliphatic heterocycles. The van der Waals surface area contributed by atoms with Gasteiger partial charge in [-0.25, -0.2) is 0 Å². The molecule has 0 aromatic rings. The number of rotatable bonds is 5. The van der Waals surface area contributed by atoms with E-state index in [2.05, 4.69) is 11.8 Å². The summed E-state index contributed by atoms with van der Waals surface area (Å²) in [4.78, 5) is 14.3. The normalized spacial score (nSPS) is 28.7. The lowest BCUT2D eigenvalue weighted by Crippen LogP contribution is -2.61. The first-order valence-corrected chi connectivity index (χ1v) is 6.81. The zero-order chi connectivity index (χ0) is 13.2. The van der Waals surface area contributed by atoms with Gasteiger partial charge >= 0.3 is 5.97 Å². The van der Waals surface area contributed by atoms with Crippen molar-refractivity contribution >= 4 is 5.97 Å². The standard InChI is InChI=1S/C13H24N2O3/c1-3-11-8-18-7-6-15(11)9-13(14,10-4-5-10)12(16)17-2/h10-11H,3-9,14H2,1-2H3. The lowest BCUT2D eigenvalue weighted by Gasteiger charge is -2.40. The highest BCUT2D eigenvalue weighted by Gasteiger charge is 2.50. The first-order chi connectivity index (χ1) is 8.61. The zero-order valence-electron chi connectivity index (χ0n) is 11.4. The highest BCUT2D eigenvalue weighted by molar-refractivity contribution is 5.81. The summed E-state index contributed by atoms with van der Waals surface area (Å²) in [6.45, 7) is 5.03. The van der Waals surface area contributed by atoms with Gasteiger partial charge in [0.1, 0.15) is 5.54 Å². The predicted octanol–water partition coefficient (Wildman–Crippen LogP) is 0.378. The van der Waals surface area contributed by atoms with Gasteiger partial charge in [0.05, 0.1) is 20.3 Å². The van der Waals surface area contributed by atoms with E-state index in [4.69, 9.17) is 15.2 Å². The van der Waals surface area contributed by atoms with E-state index in [-0.39, 0.29) is 11.9 Å². The minimum absolute atomic E-state index is 0.272. The molecular weight excluding hydrogens is 232 g/mol. The maximum atomic E-state index is 12.0. The SMILES string of the molecule is CCC1COCCN1CC(N)(C(=O)OC)C1CC1. The third kappa shape index (κ3) is 2.68. The van der Waals surface area contributed by atoms with Crippen LogP contribution in [0.5, 0.6) is 0 Å². The van der Waals surface area contributed by atoms with Crippen molar-refractivity contribution in [2.45, 2.75) is 37.8 Å². The Bertz CT molecular complexity index is 307. The second-order valence-corrected chi connectivity index (χ2v) is 5.41. The number of hydrogen-bond donors (Lipinski definition) is 1. The molecule has 0 aromatic carbocycles. The average Bonchev–Trinajstić information content (AvgIpc) is 3.22. The molecule has 1 heterocycles. The molecule has 1 saturated heterocycles. The number of nitrogens with zero attached hydrogens (tertiary/aromatic N) is 1. The fourth-order valence-corrected chi connectivity index (χ4v) is 2.76. The number of morpholine rings is 1. The summed E-state index contributed by atoms with van der Waals surface area (Å²) in [7, 11) is 1.42. The Morgan fingerprint density at radius 2 is 2.28 bits per heavy atom. The summed E-state index contributed by atoms with van der Waals surface area (Å²) < 4.78 is 10.4. The van der Waals surface area contributed by atoms with Crippen LogP contribution in [-0.2, 0) is 14.3 Å². The highest BCUT2D eigenvalue weighted by Crippen LogP contribution is 2.39. The van der Waals surface area contributed by atoms with Crippen LogP contribution in [0.3, 0.4) is 0 Å². The van der Waals surface area contributed by atoms with E-state index in [1.165, 1.54) is 7.11 Å². The van der Waals surface area contributed by atoms with Crippen molar-refractivity contribution in [2.24, 2.45) is 11.7 Å². The maximum absolute atomic E-state index is 12.0. The van der Waals surface area contributed by atoms with E-state index in [0.717, 1.165) is 39.0 Å². The molecule has 0 aromatic heterocycles. The smallest absolute Gasteiger partial charge is 0.327 e. The minimum Gasteiger partial charge on any atom is -0.468 e. The highest BCUT2D eigenvalue weighted by atomic mass is 16.5. The quantitative estimate of drug-likeness (QED) is 0.720. The van der Waals surface area contributed by atoms with Gasteiger partial charge in [0.15, 0.2) is 0 Å².